The van der Waals surface area contributed by atoms with Crippen LogP contribution in [-0.4, -0.2) is 22.4 Å². The van der Waals surface area contributed by atoms with Crippen LogP contribution in [0.15, 0.2) is 0 Å². The van der Waals surface area contributed by atoms with Crippen molar-refractivity contribution >= 4 is 7.32 Å². The summed E-state index contributed by atoms with van der Waals surface area (Å²) in [7, 11) is -2.17. The van der Waals surface area contributed by atoms with Crippen molar-refractivity contribution in [2.24, 2.45) is 0 Å². The van der Waals surface area contributed by atoms with E-state index in [0.717, 1.165) is 0 Å². The standard InChI is InChI=1S/C2H3N.BH3O3.3H3N/c1-2-3;2-1(3)4;;;/h1H3;2-4H;3*1H3. The number of hydrogen-bond acceptors (Lipinski definition) is 7. The fourth-order valence-electron chi connectivity index (χ4n) is 0. The molecule has 7 nitrogen and oxygen atoms in total. The van der Waals surface area contributed by atoms with Crippen molar-refractivity contribution in [3.8, 4) is 6.07 Å². The van der Waals surface area contributed by atoms with Crippen molar-refractivity contribution in [2.75, 3.05) is 0 Å². The van der Waals surface area contributed by atoms with Crippen LogP contribution < -0.4 is 18.5 Å². The summed E-state index contributed by atoms with van der Waals surface area (Å²) in [4.78, 5) is 0. The molecule has 0 unspecified atom stereocenters. The van der Waals surface area contributed by atoms with Crippen molar-refractivity contribution in [1.82, 2.24) is 18.5 Å². The Labute approximate surface area is 60.2 Å². The molecule has 8 heteroatoms. The minimum absolute atomic E-state index is 0. The van der Waals surface area contributed by atoms with Gasteiger partial charge in [-0.2, -0.15) is 5.26 Å². The molecule has 0 amide bonds. The average molecular weight is 154 g/mol. The van der Waals surface area contributed by atoms with Crippen LogP contribution in [0.4, 0.5) is 0 Å². The highest BCUT2D eigenvalue weighted by molar-refractivity contribution is 6.30. The minimum Gasteiger partial charge on any atom is -0.402 e. The topological polar surface area (TPSA) is 189 Å². The molecule has 64 valence electrons. The third-order valence-corrected chi connectivity index (χ3v) is 0. The van der Waals surface area contributed by atoms with Gasteiger partial charge in [0.2, 0.25) is 0 Å². The molecule has 10 heavy (non-hydrogen) atoms. The van der Waals surface area contributed by atoms with Crippen LogP contribution >= 0.6 is 0 Å². The Morgan fingerprint density at radius 2 is 1.10 bits per heavy atom. The molecule has 0 saturated carbocycles. The summed E-state index contributed by atoms with van der Waals surface area (Å²) >= 11 is 0. The van der Waals surface area contributed by atoms with Crippen LogP contribution in [0.3, 0.4) is 0 Å². The Bertz CT molecular complexity index is 61.3. The van der Waals surface area contributed by atoms with Gasteiger partial charge in [0, 0.05) is 6.92 Å². The Morgan fingerprint density at radius 3 is 1.10 bits per heavy atom. The van der Waals surface area contributed by atoms with Gasteiger partial charge in [0.25, 0.3) is 0 Å². The van der Waals surface area contributed by atoms with Crippen LogP contribution in [-0.2, 0) is 0 Å². The van der Waals surface area contributed by atoms with E-state index in [4.69, 9.17) is 20.3 Å². The van der Waals surface area contributed by atoms with E-state index >= 15 is 0 Å². The molecular weight excluding hydrogens is 139 g/mol. The molecule has 0 aromatic heterocycles. The van der Waals surface area contributed by atoms with E-state index in [9.17, 15) is 0 Å². The van der Waals surface area contributed by atoms with E-state index < -0.39 is 7.32 Å². The third kappa shape index (κ3) is 622. The summed E-state index contributed by atoms with van der Waals surface area (Å²) < 4.78 is 0. The predicted octanol–water partition coefficient (Wildman–Crippen LogP) is -1.04. The van der Waals surface area contributed by atoms with Gasteiger partial charge in [0.1, 0.15) is 0 Å². The molecule has 0 aliphatic rings. The van der Waals surface area contributed by atoms with Gasteiger partial charge in [0.15, 0.2) is 0 Å². The molecule has 0 fully saturated rings. The first-order valence-corrected chi connectivity index (χ1v) is 1.50. The summed E-state index contributed by atoms with van der Waals surface area (Å²) in [5, 5.41) is 28.8. The van der Waals surface area contributed by atoms with Gasteiger partial charge >= 0.3 is 7.32 Å². The normalized spacial score (nSPS) is 3.50. The monoisotopic (exact) mass is 154 g/mol. The van der Waals surface area contributed by atoms with Gasteiger partial charge < -0.3 is 33.5 Å². The first-order valence-electron chi connectivity index (χ1n) is 1.50. The van der Waals surface area contributed by atoms with Crippen molar-refractivity contribution in [1.29, 1.82) is 5.26 Å². The van der Waals surface area contributed by atoms with Crippen LogP contribution in [0.2, 0.25) is 0 Å². The van der Waals surface area contributed by atoms with Crippen LogP contribution in [0, 0.1) is 11.3 Å². The lowest BCUT2D eigenvalue weighted by molar-refractivity contribution is 0.278. The molecular formula is C2H15BN4O3. The molecule has 0 heterocycles. The van der Waals surface area contributed by atoms with Gasteiger partial charge in [-0.05, 0) is 0 Å². The van der Waals surface area contributed by atoms with Crippen molar-refractivity contribution in [2.45, 2.75) is 6.92 Å². The quantitative estimate of drug-likeness (QED) is 0.240. The van der Waals surface area contributed by atoms with E-state index in [1.54, 1.807) is 6.07 Å². The van der Waals surface area contributed by atoms with Crippen LogP contribution in [0.5, 0.6) is 0 Å². The molecule has 12 N–H and O–H groups in total. The summed E-state index contributed by atoms with van der Waals surface area (Å²) in [6.07, 6.45) is 0. The minimum atomic E-state index is -2.17. The van der Waals surface area contributed by atoms with E-state index in [1.807, 2.05) is 0 Å². The third-order valence-electron chi connectivity index (χ3n) is 0. The second-order valence-electron chi connectivity index (χ2n) is 0.570. The maximum absolute atomic E-state index is 7.32. The van der Waals surface area contributed by atoms with Crippen molar-refractivity contribution in [3.63, 3.8) is 0 Å². The Kier molecular flexibility index (Phi) is 140. The van der Waals surface area contributed by atoms with Crippen LogP contribution in [0.1, 0.15) is 6.92 Å². The summed E-state index contributed by atoms with van der Waals surface area (Å²) in [6, 6.07) is 1.75. The number of nitriles is 1. The smallest absolute Gasteiger partial charge is 0.402 e. The molecule has 0 aliphatic heterocycles. The highest BCUT2D eigenvalue weighted by Gasteiger charge is 1.92. The SMILES string of the molecule is CC#N.N.N.N.OB(O)O. The van der Waals surface area contributed by atoms with E-state index in [2.05, 4.69) is 0 Å². The lowest BCUT2D eigenvalue weighted by Crippen LogP contribution is -2.07. The van der Waals surface area contributed by atoms with E-state index in [1.165, 1.54) is 6.92 Å². The molecule has 0 aromatic carbocycles. The predicted molar refractivity (Wildman–Crippen MR) is 38.8 cm³/mol. The highest BCUT2D eigenvalue weighted by Crippen LogP contribution is 1.40. The maximum Gasteiger partial charge on any atom is 0.631 e. The van der Waals surface area contributed by atoms with Gasteiger partial charge in [0.05, 0.1) is 6.07 Å². The molecule has 0 saturated heterocycles. The summed E-state index contributed by atoms with van der Waals surface area (Å²) in [5.41, 5.74) is 0. The Hall–Kier alpha value is -0.685. The Morgan fingerprint density at radius 1 is 1.10 bits per heavy atom. The number of rotatable bonds is 0. The lowest BCUT2D eigenvalue weighted by Gasteiger charge is -1.69. The largest absolute Gasteiger partial charge is 0.631 e. The summed E-state index contributed by atoms with van der Waals surface area (Å²) in [5.74, 6) is 0. The maximum atomic E-state index is 7.32. The number of nitrogens with zero attached hydrogens (tertiary/aromatic N) is 1. The lowest BCUT2D eigenvalue weighted by atomic mass is 10.3. The fourth-order valence-corrected chi connectivity index (χ4v) is 0. The molecule has 0 radical (unpaired) electrons. The second kappa shape index (κ2) is 40.5. The molecule has 0 spiro atoms. The fraction of sp³-hybridized carbons (Fsp3) is 0.500. The average Bonchev–Trinajstić information content (AvgIpc) is 1.33. The van der Waals surface area contributed by atoms with Crippen LogP contribution in [0.25, 0.3) is 0 Å². The molecule has 0 rings (SSSR count). The van der Waals surface area contributed by atoms with Crippen molar-refractivity contribution < 1.29 is 15.1 Å². The number of hydrogen-bond donors (Lipinski definition) is 6. The van der Waals surface area contributed by atoms with Gasteiger partial charge in [-0.25, -0.2) is 0 Å². The zero-order valence-electron chi connectivity index (χ0n) is 5.99. The first kappa shape index (κ1) is 34.6. The molecule has 0 aromatic rings. The van der Waals surface area contributed by atoms with E-state index in [-0.39, 0.29) is 18.5 Å². The van der Waals surface area contributed by atoms with Gasteiger partial charge in [-0.3, -0.25) is 0 Å². The molecule has 0 atom stereocenters. The summed E-state index contributed by atoms with van der Waals surface area (Å²) in [6.45, 7) is 1.43. The van der Waals surface area contributed by atoms with Gasteiger partial charge in [-0.15, -0.1) is 0 Å². The van der Waals surface area contributed by atoms with Gasteiger partial charge in [-0.1, -0.05) is 0 Å². The zero-order valence-corrected chi connectivity index (χ0v) is 5.99. The second-order valence-corrected chi connectivity index (χ2v) is 0.570. The molecule has 0 bridgehead atoms. The highest BCUT2D eigenvalue weighted by atomic mass is 16.5. The Balaban J connectivity index is -0.0000000131. The van der Waals surface area contributed by atoms with E-state index in [0.29, 0.717) is 0 Å². The first-order chi connectivity index (χ1) is 3.15. The van der Waals surface area contributed by atoms with Crippen molar-refractivity contribution in [3.05, 3.63) is 0 Å². The zero-order chi connectivity index (χ0) is 6.28. The molecule has 0 aliphatic carbocycles.